The Kier molecular flexibility index (Phi) is 6.22. The van der Waals surface area contributed by atoms with E-state index in [1.807, 2.05) is 0 Å². The molecule has 0 aliphatic heterocycles. The topological polar surface area (TPSA) is 62.7 Å². The van der Waals surface area contributed by atoms with Crippen molar-refractivity contribution in [3.63, 3.8) is 0 Å². The molecule has 124 valence electrons. The number of alkyl carbamates (subject to hydrolysis) is 1. The van der Waals surface area contributed by atoms with Crippen LogP contribution < -0.4 is 10.6 Å². The van der Waals surface area contributed by atoms with Crippen LogP contribution in [0, 0.1) is 5.82 Å². The molecule has 0 spiro atoms. The average molecular weight is 366 g/mol. The van der Waals surface area contributed by atoms with Gasteiger partial charge in [-0.25, -0.2) is 9.18 Å². The number of aliphatic imine (C=N–C) groups is 1. The van der Waals surface area contributed by atoms with Crippen molar-refractivity contribution in [1.82, 2.24) is 5.32 Å². The number of hydrogen-bond donors (Lipinski definition) is 2. The van der Waals surface area contributed by atoms with Gasteiger partial charge < -0.3 is 10.1 Å². The Bertz CT molecular complexity index is 799. The fraction of sp³-hybridized carbons (Fsp3) is 0.0625. The van der Waals surface area contributed by atoms with E-state index in [1.165, 1.54) is 19.4 Å². The molecule has 0 atom stereocenters. The number of thiocarbonyl (C=S) groups is 1. The number of methoxy groups -OCH3 is 1. The summed E-state index contributed by atoms with van der Waals surface area (Å²) < 4.78 is 18.1. The molecule has 2 rings (SSSR count). The van der Waals surface area contributed by atoms with E-state index in [9.17, 15) is 9.18 Å². The van der Waals surface area contributed by atoms with Crippen LogP contribution in [0.25, 0.3) is 0 Å². The molecule has 1 amide bonds. The average Bonchev–Trinajstić information content (AvgIpc) is 2.56. The minimum atomic E-state index is -0.696. The van der Waals surface area contributed by atoms with E-state index < -0.39 is 6.09 Å². The summed E-state index contributed by atoms with van der Waals surface area (Å²) >= 11 is 11.0. The minimum Gasteiger partial charge on any atom is -0.453 e. The van der Waals surface area contributed by atoms with Gasteiger partial charge in [0.1, 0.15) is 5.82 Å². The first-order valence-electron chi connectivity index (χ1n) is 6.73. The van der Waals surface area contributed by atoms with Gasteiger partial charge in [-0.05, 0) is 36.5 Å². The molecule has 2 aromatic carbocycles. The van der Waals surface area contributed by atoms with Gasteiger partial charge in [-0.2, -0.15) is 0 Å². The Morgan fingerprint density at radius 1 is 1.33 bits per heavy atom. The second kappa shape index (κ2) is 8.37. The van der Waals surface area contributed by atoms with Gasteiger partial charge in [-0.1, -0.05) is 29.8 Å². The smallest absolute Gasteiger partial charge is 0.413 e. The molecule has 2 N–H and O–H groups in total. The highest BCUT2D eigenvalue weighted by atomic mass is 35.5. The molecule has 5 nitrogen and oxygen atoms in total. The van der Waals surface area contributed by atoms with Crippen LogP contribution in [0.3, 0.4) is 0 Å². The van der Waals surface area contributed by atoms with Crippen molar-refractivity contribution in [2.45, 2.75) is 0 Å². The van der Waals surface area contributed by atoms with Gasteiger partial charge >= 0.3 is 6.09 Å². The van der Waals surface area contributed by atoms with Crippen molar-refractivity contribution in [3.05, 3.63) is 58.9 Å². The molecule has 0 heterocycles. The summed E-state index contributed by atoms with van der Waals surface area (Å²) in [6, 6.07) is 11.1. The van der Waals surface area contributed by atoms with Crippen molar-refractivity contribution in [2.24, 2.45) is 4.99 Å². The summed E-state index contributed by atoms with van der Waals surface area (Å²) in [5.74, 6) is -0.388. The number of amides is 1. The first-order valence-corrected chi connectivity index (χ1v) is 7.52. The highest BCUT2D eigenvalue weighted by Gasteiger charge is 2.08. The molecular weight excluding hydrogens is 353 g/mol. The summed E-state index contributed by atoms with van der Waals surface area (Å²) in [4.78, 5) is 15.4. The molecular formula is C16H13ClFN3O2S. The lowest BCUT2D eigenvalue weighted by molar-refractivity contribution is 0.177. The van der Waals surface area contributed by atoms with Crippen molar-refractivity contribution in [3.8, 4) is 0 Å². The summed E-state index contributed by atoms with van der Waals surface area (Å²) in [5, 5.41) is 5.61. The van der Waals surface area contributed by atoms with Gasteiger partial charge in [0.15, 0.2) is 5.11 Å². The maximum absolute atomic E-state index is 13.6. The fourth-order valence-electron chi connectivity index (χ4n) is 1.73. The van der Waals surface area contributed by atoms with Gasteiger partial charge in [0.2, 0.25) is 0 Å². The molecule has 0 unspecified atom stereocenters. The van der Waals surface area contributed by atoms with Crippen LogP contribution in [0.1, 0.15) is 5.56 Å². The van der Waals surface area contributed by atoms with Crippen molar-refractivity contribution in [1.29, 1.82) is 0 Å². The number of halogens is 2. The zero-order chi connectivity index (χ0) is 17.5. The first kappa shape index (κ1) is 17.8. The Balaban J connectivity index is 2.23. The lowest BCUT2D eigenvalue weighted by Gasteiger charge is -2.11. The van der Waals surface area contributed by atoms with Crippen LogP contribution in [0.15, 0.2) is 47.5 Å². The summed E-state index contributed by atoms with van der Waals surface area (Å²) in [6.45, 7) is 0. The second-order valence-electron chi connectivity index (χ2n) is 4.51. The number of ether oxygens (including phenoxy) is 1. The molecule has 2 aromatic rings. The SMILES string of the molecule is COC(=O)NC(=S)Nc1ccc(Cl)cc1N=Cc1ccccc1F. The standard InChI is InChI=1S/C16H13ClFN3O2S/c1-23-16(22)21-15(24)20-13-7-6-11(17)8-14(13)19-9-10-4-2-3-5-12(10)18/h2-9H,1H3,(H2,20,21,22,24). The summed E-state index contributed by atoms with van der Waals surface area (Å²) in [5.41, 5.74) is 1.26. The highest BCUT2D eigenvalue weighted by molar-refractivity contribution is 7.80. The zero-order valence-electron chi connectivity index (χ0n) is 12.5. The molecule has 0 saturated carbocycles. The second-order valence-corrected chi connectivity index (χ2v) is 5.36. The highest BCUT2D eigenvalue weighted by Crippen LogP contribution is 2.28. The number of anilines is 1. The molecule has 0 saturated heterocycles. The number of benzene rings is 2. The maximum Gasteiger partial charge on any atom is 0.413 e. The van der Waals surface area contributed by atoms with Crippen LogP contribution in [0.2, 0.25) is 5.02 Å². The third-order valence-electron chi connectivity index (χ3n) is 2.86. The van der Waals surface area contributed by atoms with E-state index in [0.717, 1.165) is 0 Å². The molecule has 24 heavy (non-hydrogen) atoms. The summed E-state index contributed by atoms with van der Waals surface area (Å²) in [7, 11) is 1.23. The Labute approximate surface area is 148 Å². The Morgan fingerprint density at radius 2 is 2.08 bits per heavy atom. The van der Waals surface area contributed by atoms with Gasteiger partial charge in [0.05, 0.1) is 18.5 Å². The van der Waals surface area contributed by atoms with Crippen LogP contribution in [-0.4, -0.2) is 24.5 Å². The largest absolute Gasteiger partial charge is 0.453 e. The molecule has 0 aliphatic rings. The van der Waals surface area contributed by atoms with E-state index in [0.29, 0.717) is 22.0 Å². The Hall–Kier alpha value is -2.51. The normalized spacial score (nSPS) is 10.5. The van der Waals surface area contributed by atoms with Gasteiger partial charge in [0.25, 0.3) is 0 Å². The van der Waals surface area contributed by atoms with Crippen LogP contribution >= 0.6 is 23.8 Å². The lowest BCUT2D eigenvalue weighted by Crippen LogP contribution is -2.33. The third kappa shape index (κ3) is 5.00. The van der Waals surface area contributed by atoms with E-state index in [4.69, 9.17) is 23.8 Å². The molecule has 0 fully saturated rings. The number of nitrogens with one attached hydrogen (secondary N) is 2. The molecule has 0 aliphatic carbocycles. The van der Waals surface area contributed by atoms with Crippen molar-refractivity contribution in [2.75, 3.05) is 12.4 Å². The fourth-order valence-corrected chi connectivity index (χ4v) is 2.09. The molecule has 8 heteroatoms. The van der Waals surface area contributed by atoms with E-state index >= 15 is 0 Å². The van der Waals surface area contributed by atoms with Gasteiger partial charge in [-0.15, -0.1) is 0 Å². The van der Waals surface area contributed by atoms with Gasteiger partial charge in [-0.3, -0.25) is 10.3 Å². The van der Waals surface area contributed by atoms with E-state index in [1.54, 1.807) is 36.4 Å². The van der Waals surface area contributed by atoms with Gasteiger partial charge in [0, 0.05) is 16.8 Å². The van der Waals surface area contributed by atoms with Crippen molar-refractivity contribution >= 4 is 52.6 Å². The monoisotopic (exact) mass is 365 g/mol. The van der Waals surface area contributed by atoms with Crippen LogP contribution in [0.4, 0.5) is 20.6 Å². The maximum atomic E-state index is 13.6. The molecule has 0 aromatic heterocycles. The third-order valence-corrected chi connectivity index (χ3v) is 3.30. The number of rotatable bonds is 3. The number of carbonyl (C=O) groups is 1. The van der Waals surface area contributed by atoms with Crippen LogP contribution in [0.5, 0.6) is 0 Å². The predicted molar refractivity (Wildman–Crippen MR) is 96.9 cm³/mol. The lowest BCUT2D eigenvalue weighted by atomic mass is 10.2. The Morgan fingerprint density at radius 3 is 2.79 bits per heavy atom. The number of nitrogens with zero attached hydrogens (tertiary/aromatic N) is 1. The number of hydrogen-bond acceptors (Lipinski definition) is 4. The van der Waals surface area contributed by atoms with E-state index in [-0.39, 0.29) is 10.9 Å². The van der Waals surface area contributed by atoms with Crippen molar-refractivity contribution < 1.29 is 13.9 Å². The summed E-state index contributed by atoms with van der Waals surface area (Å²) in [6.07, 6.45) is 0.682. The van der Waals surface area contributed by atoms with E-state index in [2.05, 4.69) is 20.4 Å². The predicted octanol–water partition coefficient (Wildman–Crippen LogP) is 4.28. The molecule has 0 bridgehead atoms. The quantitative estimate of drug-likeness (QED) is 0.629. The zero-order valence-corrected chi connectivity index (χ0v) is 14.1. The molecule has 0 radical (unpaired) electrons. The number of carbonyl (C=O) groups excluding carboxylic acids is 1. The van der Waals surface area contributed by atoms with Crippen LogP contribution in [-0.2, 0) is 4.74 Å². The first-order chi connectivity index (χ1) is 11.5. The minimum absolute atomic E-state index is 0.0338.